The van der Waals surface area contributed by atoms with Crippen LogP contribution in [0.5, 0.6) is 5.75 Å². The minimum atomic E-state index is -1.78. The maximum Gasteiger partial charge on any atom is 0.335 e. The topological polar surface area (TPSA) is 132 Å². The van der Waals surface area contributed by atoms with Gasteiger partial charge < -0.3 is 34.9 Å². The summed E-state index contributed by atoms with van der Waals surface area (Å²) in [6.07, 6.45) is -8.45. The van der Waals surface area contributed by atoms with Crippen LogP contribution in [0.4, 0.5) is 0 Å². The van der Waals surface area contributed by atoms with Gasteiger partial charge in [0.15, 0.2) is 11.9 Å². The minimum Gasteiger partial charge on any atom is -0.479 e. The summed E-state index contributed by atoms with van der Waals surface area (Å²) < 4.78 is 11.1. The summed E-state index contributed by atoms with van der Waals surface area (Å²) in [7, 11) is 0. The van der Waals surface area contributed by atoms with Crippen molar-refractivity contribution in [2.24, 2.45) is 0 Å². The normalized spacial score (nSPS) is 30.5. The van der Waals surface area contributed by atoms with Crippen molar-refractivity contribution in [2.45, 2.75) is 30.7 Å². The molecule has 0 aliphatic carbocycles. The molecule has 0 unspecified atom stereocenters. The van der Waals surface area contributed by atoms with Gasteiger partial charge in [-0.3, -0.25) is 0 Å². The van der Waals surface area contributed by atoms with E-state index in [0.717, 1.165) is 0 Å². The monoisotopic (exact) mass is 421 g/mol. The number of aromatic nitrogens is 1. The summed E-state index contributed by atoms with van der Waals surface area (Å²) in [5, 5.41) is 39.5. The van der Waals surface area contributed by atoms with Crippen LogP contribution >= 0.6 is 27.5 Å². The van der Waals surface area contributed by atoms with Crippen molar-refractivity contribution in [1.29, 1.82) is 0 Å². The highest BCUT2D eigenvalue weighted by Gasteiger charge is 2.48. The van der Waals surface area contributed by atoms with E-state index in [1.807, 2.05) is 0 Å². The number of nitrogens with one attached hydrogen (secondary N) is 1. The average molecular weight is 423 g/mol. The Labute approximate surface area is 148 Å². The number of aliphatic hydroxyl groups excluding tert-OH is 3. The van der Waals surface area contributed by atoms with Gasteiger partial charge in [0, 0.05) is 0 Å². The number of H-pyrrole nitrogens is 1. The quantitative estimate of drug-likeness (QED) is 0.495. The highest BCUT2D eigenvalue weighted by molar-refractivity contribution is 9.10. The molecule has 2 heterocycles. The number of aromatic amines is 1. The van der Waals surface area contributed by atoms with Crippen LogP contribution in [0.2, 0.25) is 5.02 Å². The molecule has 130 valence electrons. The summed E-state index contributed by atoms with van der Waals surface area (Å²) in [4.78, 5) is 14.1. The third kappa shape index (κ3) is 2.87. The number of carbonyl (C=O) groups is 1. The predicted molar refractivity (Wildman–Crippen MR) is 86.0 cm³/mol. The van der Waals surface area contributed by atoms with E-state index in [4.69, 9.17) is 26.2 Å². The van der Waals surface area contributed by atoms with Gasteiger partial charge in [0.2, 0.25) is 6.29 Å². The molecular formula is C14H13BrClNO7. The number of benzene rings is 1. The second-order valence-electron chi connectivity index (χ2n) is 5.28. The van der Waals surface area contributed by atoms with Crippen LogP contribution in [0.15, 0.2) is 22.8 Å². The summed E-state index contributed by atoms with van der Waals surface area (Å²) in [6.45, 7) is 0. The predicted octanol–water partition coefficient (Wildman–Crippen LogP) is 0.855. The van der Waals surface area contributed by atoms with Crippen LogP contribution in [0, 0.1) is 0 Å². The molecule has 0 amide bonds. The second-order valence-corrected chi connectivity index (χ2v) is 6.48. The highest BCUT2D eigenvalue weighted by atomic mass is 79.9. The van der Waals surface area contributed by atoms with E-state index in [0.29, 0.717) is 20.5 Å². The molecular weight excluding hydrogens is 410 g/mol. The van der Waals surface area contributed by atoms with E-state index in [-0.39, 0.29) is 5.75 Å². The molecule has 5 N–H and O–H groups in total. The smallest absolute Gasteiger partial charge is 0.335 e. The fourth-order valence-corrected chi connectivity index (χ4v) is 3.29. The number of carboxylic acid groups (broad SMARTS) is 1. The van der Waals surface area contributed by atoms with Crippen molar-refractivity contribution in [3.8, 4) is 5.75 Å². The van der Waals surface area contributed by atoms with E-state index in [2.05, 4.69) is 20.9 Å². The SMILES string of the molecule is O=C(O)[C@H]1O[C@@H](Oc2c(Br)[nH]c3cccc(Cl)c23)[C@H](O)[C@@H](O)[C@@H]1O. The Morgan fingerprint density at radius 1 is 1.25 bits per heavy atom. The molecule has 1 fully saturated rings. The first-order valence-corrected chi connectivity index (χ1v) is 8.03. The lowest BCUT2D eigenvalue weighted by atomic mass is 9.99. The number of carboxylic acids is 1. The van der Waals surface area contributed by atoms with Gasteiger partial charge in [0.05, 0.1) is 15.9 Å². The number of fused-ring (bicyclic) bond motifs is 1. The zero-order valence-corrected chi connectivity index (χ0v) is 14.2. The summed E-state index contributed by atoms with van der Waals surface area (Å²) >= 11 is 9.41. The van der Waals surface area contributed by atoms with E-state index >= 15 is 0 Å². The van der Waals surface area contributed by atoms with E-state index in [9.17, 15) is 20.1 Å². The summed E-state index contributed by atoms with van der Waals surface area (Å²) in [5.41, 5.74) is 0.644. The molecule has 8 nitrogen and oxygen atoms in total. The molecule has 1 aromatic heterocycles. The van der Waals surface area contributed by atoms with Gasteiger partial charge in [-0.1, -0.05) is 17.7 Å². The van der Waals surface area contributed by atoms with Crippen molar-refractivity contribution in [1.82, 2.24) is 4.98 Å². The molecule has 3 rings (SSSR count). The Hall–Kier alpha value is -1.36. The Bertz CT molecular complexity index is 782. The molecule has 2 aromatic rings. The number of hydrogen-bond acceptors (Lipinski definition) is 6. The van der Waals surface area contributed by atoms with Crippen molar-refractivity contribution in [2.75, 3.05) is 0 Å². The molecule has 0 spiro atoms. The molecule has 0 radical (unpaired) electrons. The molecule has 10 heteroatoms. The fraction of sp³-hybridized carbons (Fsp3) is 0.357. The average Bonchev–Trinajstić information content (AvgIpc) is 2.84. The lowest BCUT2D eigenvalue weighted by molar-refractivity contribution is -0.271. The van der Waals surface area contributed by atoms with Crippen molar-refractivity contribution >= 4 is 44.4 Å². The van der Waals surface area contributed by atoms with Gasteiger partial charge in [0.25, 0.3) is 0 Å². The van der Waals surface area contributed by atoms with E-state index in [1.54, 1.807) is 18.2 Å². The minimum absolute atomic E-state index is 0.187. The van der Waals surface area contributed by atoms with Gasteiger partial charge in [-0.15, -0.1) is 0 Å². The fourth-order valence-electron chi connectivity index (χ4n) is 2.52. The van der Waals surface area contributed by atoms with Gasteiger partial charge in [0.1, 0.15) is 22.9 Å². The van der Waals surface area contributed by atoms with Crippen LogP contribution in [0.25, 0.3) is 10.9 Å². The molecule has 0 bridgehead atoms. The Balaban J connectivity index is 1.96. The Morgan fingerprint density at radius 2 is 1.96 bits per heavy atom. The van der Waals surface area contributed by atoms with E-state index < -0.39 is 36.7 Å². The number of rotatable bonds is 3. The number of aliphatic carboxylic acids is 1. The lowest BCUT2D eigenvalue weighted by Gasteiger charge is -2.38. The first-order valence-electron chi connectivity index (χ1n) is 6.86. The largest absolute Gasteiger partial charge is 0.479 e. The van der Waals surface area contributed by atoms with Gasteiger partial charge in [-0.25, -0.2) is 4.79 Å². The summed E-state index contributed by atoms with van der Waals surface area (Å²) in [6, 6.07) is 5.10. The van der Waals surface area contributed by atoms with Crippen molar-refractivity contribution < 1.29 is 34.7 Å². The summed E-state index contributed by atoms with van der Waals surface area (Å²) in [5.74, 6) is -1.30. The number of hydrogen-bond donors (Lipinski definition) is 5. The van der Waals surface area contributed by atoms with Crippen LogP contribution < -0.4 is 4.74 Å². The van der Waals surface area contributed by atoms with Crippen molar-refractivity contribution in [3.05, 3.63) is 27.8 Å². The molecule has 1 aliphatic rings. The first-order chi connectivity index (χ1) is 11.3. The first kappa shape index (κ1) is 17.5. The van der Waals surface area contributed by atoms with Crippen LogP contribution in [-0.2, 0) is 9.53 Å². The molecule has 5 atom stereocenters. The zero-order valence-electron chi connectivity index (χ0n) is 11.9. The standard InChI is InChI=1S/C14H13BrClNO7/c15-12-10(6-4(16)2-1-3-5(6)17-12)23-14-9(20)7(18)8(19)11(24-14)13(21)22/h1-3,7-9,11,14,17-20H,(H,21,22)/t7-,8-,9+,11-,14+/m0/s1. The zero-order chi connectivity index (χ0) is 17.6. The van der Waals surface area contributed by atoms with Crippen LogP contribution in [0.3, 0.4) is 0 Å². The maximum atomic E-state index is 11.1. The van der Waals surface area contributed by atoms with E-state index in [1.165, 1.54) is 0 Å². The molecule has 24 heavy (non-hydrogen) atoms. The van der Waals surface area contributed by atoms with Gasteiger partial charge in [-0.05, 0) is 28.1 Å². The number of aliphatic hydroxyl groups is 3. The van der Waals surface area contributed by atoms with Gasteiger partial charge >= 0.3 is 5.97 Å². The van der Waals surface area contributed by atoms with Crippen LogP contribution in [-0.4, -0.2) is 62.1 Å². The molecule has 1 saturated heterocycles. The third-order valence-corrected chi connectivity index (χ3v) is 4.60. The van der Waals surface area contributed by atoms with Crippen LogP contribution in [0.1, 0.15) is 0 Å². The molecule has 1 aromatic carbocycles. The van der Waals surface area contributed by atoms with Gasteiger partial charge in [-0.2, -0.15) is 0 Å². The third-order valence-electron chi connectivity index (χ3n) is 3.73. The Kier molecular flexibility index (Phi) is 4.73. The second kappa shape index (κ2) is 6.51. The van der Waals surface area contributed by atoms with Crippen molar-refractivity contribution in [3.63, 3.8) is 0 Å². The molecule has 0 saturated carbocycles. The Morgan fingerprint density at radius 3 is 2.62 bits per heavy atom. The highest BCUT2D eigenvalue weighted by Crippen LogP contribution is 2.40. The maximum absolute atomic E-state index is 11.1. The number of halogens is 2. The number of ether oxygens (including phenoxy) is 2. The lowest BCUT2D eigenvalue weighted by Crippen LogP contribution is -2.61. The molecule has 1 aliphatic heterocycles.